The van der Waals surface area contributed by atoms with Crippen molar-refractivity contribution >= 4 is 29.9 Å². The molecule has 3 heterocycles. The number of nitrogens with one attached hydrogen (secondary N) is 1. The first-order valence-corrected chi connectivity index (χ1v) is 8.79. The van der Waals surface area contributed by atoms with E-state index in [0.717, 1.165) is 69.5 Å². The Bertz CT molecular complexity index is 553. The summed E-state index contributed by atoms with van der Waals surface area (Å²) < 4.78 is 16.9. The maximum absolute atomic E-state index is 5.91. The van der Waals surface area contributed by atoms with Crippen molar-refractivity contribution in [3.8, 4) is 0 Å². The number of aliphatic imine (C=N–C) groups is 1. The second-order valence-corrected chi connectivity index (χ2v) is 6.43. The summed E-state index contributed by atoms with van der Waals surface area (Å²) in [5.74, 6) is 1.82. The highest BCUT2D eigenvalue weighted by Gasteiger charge is 2.32. The lowest BCUT2D eigenvalue weighted by Gasteiger charge is -2.37. The fourth-order valence-corrected chi connectivity index (χ4v) is 3.48. The van der Waals surface area contributed by atoms with E-state index in [-0.39, 0.29) is 36.2 Å². The minimum Gasteiger partial charge on any atom is -0.375 e. The Balaban J connectivity index is 0.00000225. The molecule has 0 aromatic carbocycles. The average molecular weight is 464 g/mol. The van der Waals surface area contributed by atoms with Crippen LogP contribution in [0.5, 0.6) is 0 Å². The van der Waals surface area contributed by atoms with Crippen molar-refractivity contribution in [1.29, 1.82) is 0 Å². The second-order valence-electron chi connectivity index (χ2n) is 6.43. The van der Waals surface area contributed by atoms with Gasteiger partial charge in [-0.15, -0.1) is 24.0 Å². The van der Waals surface area contributed by atoms with Crippen molar-refractivity contribution in [2.75, 3.05) is 39.9 Å². The number of guanidine groups is 1. The van der Waals surface area contributed by atoms with Crippen molar-refractivity contribution in [2.24, 2.45) is 4.99 Å². The van der Waals surface area contributed by atoms with Gasteiger partial charge in [0, 0.05) is 38.9 Å². The summed E-state index contributed by atoms with van der Waals surface area (Å²) in [6, 6.07) is 0. The normalized spacial score (nSPS) is 24.3. The number of nitrogens with zero attached hydrogens (tertiary/aromatic N) is 3. The summed E-state index contributed by atoms with van der Waals surface area (Å²) in [4.78, 5) is 6.70. The quantitative estimate of drug-likeness (QED) is 0.417. The number of rotatable bonds is 4. The smallest absolute Gasteiger partial charge is 0.193 e. The number of aryl methyl sites for hydroxylation is 2. The molecule has 0 amide bonds. The fraction of sp³-hybridized carbons (Fsp3) is 0.765. The average Bonchev–Trinajstić information content (AvgIpc) is 3.24. The van der Waals surface area contributed by atoms with Crippen LogP contribution in [0.15, 0.2) is 9.52 Å². The van der Waals surface area contributed by atoms with E-state index in [2.05, 4.69) is 20.4 Å². The van der Waals surface area contributed by atoms with E-state index in [1.807, 2.05) is 20.9 Å². The lowest BCUT2D eigenvalue weighted by atomic mass is 10.1. The van der Waals surface area contributed by atoms with E-state index in [9.17, 15) is 0 Å². The number of hydrogen-bond donors (Lipinski definition) is 1. The molecule has 3 rings (SSSR count). The molecule has 1 N–H and O–H groups in total. The van der Waals surface area contributed by atoms with E-state index in [1.165, 1.54) is 5.56 Å². The van der Waals surface area contributed by atoms with Gasteiger partial charge in [0.05, 0.1) is 18.4 Å². The van der Waals surface area contributed by atoms with Crippen molar-refractivity contribution in [3.63, 3.8) is 0 Å². The van der Waals surface area contributed by atoms with Gasteiger partial charge in [-0.1, -0.05) is 5.16 Å². The van der Waals surface area contributed by atoms with Gasteiger partial charge in [-0.05, 0) is 33.1 Å². The maximum Gasteiger partial charge on any atom is 0.193 e. The Morgan fingerprint density at radius 3 is 2.72 bits per heavy atom. The minimum absolute atomic E-state index is 0. The van der Waals surface area contributed by atoms with E-state index in [0.29, 0.717) is 0 Å². The Hall–Kier alpha value is -0.870. The third kappa shape index (κ3) is 5.07. The molecule has 2 unspecified atom stereocenters. The van der Waals surface area contributed by atoms with Crippen LogP contribution in [0.1, 0.15) is 29.9 Å². The molecular weight excluding hydrogens is 435 g/mol. The number of morpholine rings is 1. The Morgan fingerprint density at radius 1 is 1.28 bits per heavy atom. The van der Waals surface area contributed by atoms with Gasteiger partial charge in [-0.25, -0.2) is 0 Å². The predicted octanol–water partition coefficient (Wildman–Crippen LogP) is 1.91. The summed E-state index contributed by atoms with van der Waals surface area (Å²) in [7, 11) is 1.83. The Morgan fingerprint density at radius 2 is 2.08 bits per heavy atom. The van der Waals surface area contributed by atoms with Gasteiger partial charge in [-0.2, -0.15) is 0 Å². The largest absolute Gasteiger partial charge is 0.375 e. The SMILES string of the molecule is CN=C(NCCc1c(C)noc1C)N1CCOC(C2CCCO2)C1.I. The molecule has 8 heteroatoms. The Kier molecular flexibility index (Phi) is 7.95. The highest BCUT2D eigenvalue weighted by molar-refractivity contribution is 14.0. The van der Waals surface area contributed by atoms with Gasteiger partial charge in [0.15, 0.2) is 5.96 Å². The van der Waals surface area contributed by atoms with Crippen LogP contribution in [0.3, 0.4) is 0 Å². The highest BCUT2D eigenvalue weighted by Crippen LogP contribution is 2.21. The van der Waals surface area contributed by atoms with Crippen molar-refractivity contribution in [1.82, 2.24) is 15.4 Å². The molecule has 0 radical (unpaired) electrons. The molecule has 0 spiro atoms. The predicted molar refractivity (Wildman–Crippen MR) is 107 cm³/mol. The zero-order chi connectivity index (χ0) is 16.9. The lowest BCUT2D eigenvalue weighted by Crippen LogP contribution is -2.53. The third-order valence-electron chi connectivity index (χ3n) is 4.82. The topological polar surface area (TPSA) is 72.1 Å². The first kappa shape index (κ1) is 20.4. The minimum atomic E-state index is 0. The van der Waals surface area contributed by atoms with Gasteiger partial charge < -0.3 is 24.2 Å². The van der Waals surface area contributed by atoms with Crippen LogP contribution < -0.4 is 5.32 Å². The summed E-state index contributed by atoms with van der Waals surface area (Å²) in [5, 5.41) is 7.46. The molecular formula is C17H29IN4O3. The van der Waals surface area contributed by atoms with E-state index < -0.39 is 0 Å². The van der Waals surface area contributed by atoms with Crippen LogP contribution in [0.2, 0.25) is 0 Å². The van der Waals surface area contributed by atoms with Crippen LogP contribution in [0.25, 0.3) is 0 Å². The molecule has 2 saturated heterocycles. The van der Waals surface area contributed by atoms with Crippen LogP contribution in [0.4, 0.5) is 0 Å². The molecule has 1 aromatic rings. The monoisotopic (exact) mass is 464 g/mol. The molecule has 25 heavy (non-hydrogen) atoms. The summed E-state index contributed by atoms with van der Waals surface area (Å²) >= 11 is 0. The molecule has 2 aliphatic rings. The van der Waals surface area contributed by atoms with Crippen LogP contribution in [-0.4, -0.2) is 68.1 Å². The molecule has 142 valence electrons. The highest BCUT2D eigenvalue weighted by atomic mass is 127. The van der Waals surface area contributed by atoms with Gasteiger partial charge in [0.2, 0.25) is 0 Å². The van der Waals surface area contributed by atoms with E-state index in [4.69, 9.17) is 14.0 Å². The van der Waals surface area contributed by atoms with Gasteiger partial charge in [0.25, 0.3) is 0 Å². The Labute approximate surface area is 166 Å². The third-order valence-corrected chi connectivity index (χ3v) is 4.82. The van der Waals surface area contributed by atoms with Gasteiger partial charge >= 0.3 is 0 Å². The fourth-order valence-electron chi connectivity index (χ4n) is 3.48. The van der Waals surface area contributed by atoms with Crippen molar-refractivity contribution in [2.45, 2.75) is 45.3 Å². The van der Waals surface area contributed by atoms with E-state index in [1.54, 1.807) is 0 Å². The van der Waals surface area contributed by atoms with Gasteiger partial charge in [0.1, 0.15) is 11.9 Å². The first-order valence-electron chi connectivity index (χ1n) is 8.79. The molecule has 2 aliphatic heterocycles. The standard InChI is InChI=1S/C17H28N4O3.HI/c1-12-14(13(2)24-20-12)6-7-19-17(18-3)21-8-10-23-16(11-21)15-5-4-9-22-15;/h15-16H,4-11H2,1-3H3,(H,18,19);1H. The lowest BCUT2D eigenvalue weighted by molar-refractivity contribution is -0.0816. The molecule has 1 aromatic heterocycles. The number of aromatic nitrogens is 1. The summed E-state index contributed by atoms with van der Waals surface area (Å²) in [5.41, 5.74) is 2.14. The first-order chi connectivity index (χ1) is 11.7. The van der Waals surface area contributed by atoms with Crippen molar-refractivity contribution < 1.29 is 14.0 Å². The molecule has 2 fully saturated rings. The molecule has 0 saturated carbocycles. The van der Waals surface area contributed by atoms with E-state index >= 15 is 0 Å². The second kappa shape index (κ2) is 9.72. The van der Waals surface area contributed by atoms with Crippen LogP contribution >= 0.6 is 24.0 Å². The molecule has 0 bridgehead atoms. The maximum atomic E-state index is 5.91. The molecule has 2 atom stereocenters. The zero-order valence-corrected chi connectivity index (χ0v) is 17.6. The van der Waals surface area contributed by atoms with Crippen molar-refractivity contribution in [3.05, 3.63) is 17.0 Å². The molecule has 7 nitrogen and oxygen atoms in total. The summed E-state index contributed by atoms with van der Waals surface area (Å²) in [6.45, 7) is 8.00. The molecule has 0 aliphatic carbocycles. The van der Waals surface area contributed by atoms with Gasteiger partial charge in [-0.3, -0.25) is 4.99 Å². The summed E-state index contributed by atoms with van der Waals surface area (Å²) in [6.07, 6.45) is 3.47. The number of halogens is 1. The van der Waals surface area contributed by atoms with Crippen LogP contribution in [-0.2, 0) is 15.9 Å². The zero-order valence-electron chi connectivity index (χ0n) is 15.3. The number of ether oxygens (including phenoxy) is 2. The van der Waals surface area contributed by atoms with Crippen LogP contribution in [0, 0.1) is 13.8 Å². The number of hydrogen-bond acceptors (Lipinski definition) is 5.